The van der Waals surface area contributed by atoms with Gasteiger partial charge in [0.25, 0.3) is 0 Å². The van der Waals surface area contributed by atoms with Gasteiger partial charge in [-0.3, -0.25) is 0 Å². The number of halogens is 2. The lowest BCUT2D eigenvalue weighted by molar-refractivity contribution is 0.444. The first-order valence-corrected chi connectivity index (χ1v) is 5.83. The Kier molecular flexibility index (Phi) is 5.46. The SMILES string of the molecule is CCCN(Bc1cc(F)cc(F)c1)CCC. The van der Waals surface area contributed by atoms with Gasteiger partial charge in [0.2, 0.25) is 7.41 Å². The minimum Gasteiger partial charge on any atom is -0.341 e. The molecule has 0 saturated heterocycles. The standard InChI is InChI=1S/C12H18BF2N/c1-3-5-16(6-4-2)13-10-7-11(14)9-12(15)8-10/h7-9,13H,3-6H2,1-2H3. The smallest absolute Gasteiger partial charge is 0.238 e. The average Bonchev–Trinajstić information content (AvgIpc) is 2.16. The van der Waals surface area contributed by atoms with Crippen LogP contribution in [0.3, 0.4) is 0 Å². The number of benzene rings is 1. The van der Waals surface area contributed by atoms with E-state index in [4.69, 9.17) is 0 Å². The van der Waals surface area contributed by atoms with Crippen molar-refractivity contribution in [2.45, 2.75) is 26.7 Å². The van der Waals surface area contributed by atoms with Gasteiger partial charge in [-0.2, -0.15) is 0 Å². The summed E-state index contributed by atoms with van der Waals surface area (Å²) in [6.45, 7) is 6.14. The van der Waals surface area contributed by atoms with E-state index < -0.39 is 11.6 Å². The monoisotopic (exact) mass is 225 g/mol. The van der Waals surface area contributed by atoms with Crippen LogP contribution in [0.1, 0.15) is 26.7 Å². The summed E-state index contributed by atoms with van der Waals surface area (Å²) >= 11 is 0. The van der Waals surface area contributed by atoms with Crippen molar-refractivity contribution in [1.29, 1.82) is 0 Å². The van der Waals surface area contributed by atoms with Gasteiger partial charge in [0, 0.05) is 6.07 Å². The van der Waals surface area contributed by atoms with Crippen LogP contribution in [-0.2, 0) is 0 Å². The number of nitrogens with zero attached hydrogens (tertiary/aromatic N) is 1. The van der Waals surface area contributed by atoms with Crippen LogP contribution in [0.25, 0.3) is 0 Å². The molecule has 0 N–H and O–H groups in total. The predicted molar refractivity (Wildman–Crippen MR) is 65.3 cm³/mol. The Morgan fingerprint density at radius 1 is 1.00 bits per heavy atom. The van der Waals surface area contributed by atoms with Crippen molar-refractivity contribution < 1.29 is 8.78 Å². The highest BCUT2D eigenvalue weighted by molar-refractivity contribution is 6.50. The molecule has 0 saturated carbocycles. The lowest BCUT2D eigenvalue weighted by Crippen LogP contribution is -2.37. The summed E-state index contributed by atoms with van der Waals surface area (Å²) in [7, 11) is 0.621. The Morgan fingerprint density at radius 3 is 1.94 bits per heavy atom. The molecule has 0 atom stereocenters. The van der Waals surface area contributed by atoms with Crippen LogP contribution in [0.15, 0.2) is 18.2 Å². The van der Waals surface area contributed by atoms with Crippen LogP contribution in [0, 0.1) is 11.6 Å². The molecule has 0 aliphatic carbocycles. The molecule has 0 bridgehead atoms. The van der Waals surface area contributed by atoms with Gasteiger partial charge in [-0.1, -0.05) is 19.3 Å². The Morgan fingerprint density at radius 2 is 1.50 bits per heavy atom. The van der Waals surface area contributed by atoms with E-state index in [1.54, 1.807) is 0 Å². The third kappa shape index (κ3) is 4.31. The van der Waals surface area contributed by atoms with Gasteiger partial charge >= 0.3 is 0 Å². The van der Waals surface area contributed by atoms with Gasteiger partial charge in [-0.05, 0) is 38.1 Å². The van der Waals surface area contributed by atoms with Crippen molar-refractivity contribution in [1.82, 2.24) is 4.81 Å². The second kappa shape index (κ2) is 6.64. The van der Waals surface area contributed by atoms with Crippen molar-refractivity contribution >= 4 is 12.9 Å². The highest BCUT2D eigenvalue weighted by Crippen LogP contribution is 2.00. The van der Waals surface area contributed by atoms with Crippen molar-refractivity contribution in [2.75, 3.05) is 13.1 Å². The zero-order valence-electron chi connectivity index (χ0n) is 9.97. The molecular weight excluding hydrogens is 207 g/mol. The van der Waals surface area contributed by atoms with E-state index in [0.717, 1.165) is 32.0 Å². The minimum absolute atomic E-state index is 0.497. The Balaban J connectivity index is 2.68. The van der Waals surface area contributed by atoms with E-state index in [2.05, 4.69) is 18.7 Å². The maximum Gasteiger partial charge on any atom is 0.238 e. The van der Waals surface area contributed by atoms with Crippen LogP contribution in [0.2, 0.25) is 0 Å². The molecule has 0 aromatic heterocycles. The van der Waals surface area contributed by atoms with Crippen molar-refractivity contribution in [3.05, 3.63) is 29.8 Å². The predicted octanol–water partition coefficient (Wildman–Crippen LogP) is 2.06. The highest BCUT2D eigenvalue weighted by atomic mass is 19.1. The summed E-state index contributed by atoms with van der Waals surface area (Å²) in [6, 6.07) is 3.72. The highest BCUT2D eigenvalue weighted by Gasteiger charge is 2.08. The molecule has 1 aromatic rings. The molecule has 88 valence electrons. The van der Waals surface area contributed by atoms with Gasteiger partial charge in [-0.15, -0.1) is 0 Å². The third-order valence-electron chi connectivity index (χ3n) is 2.41. The van der Waals surface area contributed by atoms with Gasteiger partial charge in [0.1, 0.15) is 11.6 Å². The van der Waals surface area contributed by atoms with Crippen molar-refractivity contribution in [3.8, 4) is 0 Å². The molecule has 4 heteroatoms. The number of hydrogen-bond donors (Lipinski definition) is 0. The molecule has 0 fully saturated rings. The largest absolute Gasteiger partial charge is 0.341 e. The molecule has 1 nitrogen and oxygen atoms in total. The maximum atomic E-state index is 13.0. The fraction of sp³-hybridized carbons (Fsp3) is 0.500. The van der Waals surface area contributed by atoms with E-state index in [1.807, 2.05) is 0 Å². The van der Waals surface area contributed by atoms with E-state index in [9.17, 15) is 8.78 Å². The molecule has 0 aliphatic rings. The van der Waals surface area contributed by atoms with Gasteiger partial charge in [0.15, 0.2) is 0 Å². The van der Waals surface area contributed by atoms with Crippen LogP contribution >= 0.6 is 0 Å². The maximum absolute atomic E-state index is 13.0. The normalized spacial score (nSPS) is 10.8. The van der Waals surface area contributed by atoms with Crippen LogP contribution in [0.5, 0.6) is 0 Å². The zero-order valence-corrected chi connectivity index (χ0v) is 9.97. The van der Waals surface area contributed by atoms with Crippen LogP contribution in [-0.4, -0.2) is 25.3 Å². The molecule has 0 aliphatic heterocycles. The Hall–Kier alpha value is -0.895. The Labute approximate surface area is 96.7 Å². The molecular formula is C12H18BF2N. The fourth-order valence-corrected chi connectivity index (χ4v) is 1.86. The van der Waals surface area contributed by atoms with Gasteiger partial charge < -0.3 is 4.81 Å². The first-order valence-electron chi connectivity index (χ1n) is 5.83. The first-order chi connectivity index (χ1) is 7.65. The molecule has 0 radical (unpaired) electrons. The minimum atomic E-state index is -0.497. The summed E-state index contributed by atoms with van der Waals surface area (Å²) in [4.78, 5) is 2.22. The third-order valence-corrected chi connectivity index (χ3v) is 2.41. The number of rotatable bonds is 6. The summed E-state index contributed by atoms with van der Waals surface area (Å²) in [6.07, 6.45) is 2.11. The fourth-order valence-electron chi connectivity index (χ4n) is 1.86. The quantitative estimate of drug-likeness (QED) is 0.670. The van der Waals surface area contributed by atoms with Gasteiger partial charge in [-0.25, -0.2) is 8.78 Å². The molecule has 0 unspecified atom stereocenters. The van der Waals surface area contributed by atoms with Crippen molar-refractivity contribution in [2.24, 2.45) is 0 Å². The molecule has 0 amide bonds. The van der Waals surface area contributed by atoms with E-state index in [0.29, 0.717) is 12.9 Å². The lowest BCUT2D eigenvalue weighted by Gasteiger charge is -2.20. The van der Waals surface area contributed by atoms with E-state index in [-0.39, 0.29) is 0 Å². The summed E-state index contributed by atoms with van der Waals surface area (Å²) < 4.78 is 26.0. The second-order valence-corrected chi connectivity index (χ2v) is 4.05. The van der Waals surface area contributed by atoms with Crippen molar-refractivity contribution in [3.63, 3.8) is 0 Å². The molecule has 16 heavy (non-hydrogen) atoms. The lowest BCUT2D eigenvalue weighted by atomic mass is 9.80. The van der Waals surface area contributed by atoms with Crippen LogP contribution < -0.4 is 5.46 Å². The van der Waals surface area contributed by atoms with Crippen LogP contribution in [0.4, 0.5) is 8.78 Å². The molecule has 1 rings (SSSR count). The first kappa shape index (κ1) is 13.2. The molecule has 1 aromatic carbocycles. The van der Waals surface area contributed by atoms with Gasteiger partial charge in [0.05, 0.1) is 0 Å². The topological polar surface area (TPSA) is 3.24 Å². The summed E-state index contributed by atoms with van der Waals surface area (Å²) in [5, 5.41) is 0. The Bertz CT molecular complexity index is 305. The zero-order chi connectivity index (χ0) is 12.0. The summed E-state index contributed by atoms with van der Waals surface area (Å²) in [5.41, 5.74) is 0.708. The second-order valence-electron chi connectivity index (χ2n) is 4.05. The number of hydrogen-bond acceptors (Lipinski definition) is 1. The molecule has 0 heterocycles. The van der Waals surface area contributed by atoms with E-state index in [1.165, 1.54) is 12.1 Å². The average molecular weight is 225 g/mol. The summed E-state index contributed by atoms with van der Waals surface area (Å²) in [5.74, 6) is -0.995. The van der Waals surface area contributed by atoms with E-state index >= 15 is 0 Å². The molecule has 0 spiro atoms.